The van der Waals surface area contributed by atoms with E-state index in [1.807, 2.05) is 20.8 Å². The van der Waals surface area contributed by atoms with Crippen molar-refractivity contribution in [3.63, 3.8) is 0 Å². The molecule has 3 nitrogen and oxygen atoms in total. The second-order valence-corrected chi connectivity index (χ2v) is 4.72. The van der Waals surface area contributed by atoms with E-state index in [2.05, 4.69) is 5.32 Å². The molecule has 0 saturated carbocycles. The van der Waals surface area contributed by atoms with Crippen LogP contribution in [0.5, 0.6) is 0 Å². The molecule has 0 aliphatic heterocycles. The van der Waals surface area contributed by atoms with E-state index in [0.29, 0.717) is 6.54 Å². The van der Waals surface area contributed by atoms with Gasteiger partial charge < -0.3 is 10.4 Å². The zero-order chi connectivity index (χ0) is 12.3. The van der Waals surface area contributed by atoms with E-state index >= 15 is 0 Å². The van der Waals surface area contributed by atoms with Crippen molar-refractivity contribution in [1.29, 1.82) is 0 Å². The molecular weight excluding hydrogens is 209 g/mol. The minimum atomic E-state index is -1.24. The van der Waals surface area contributed by atoms with Crippen LogP contribution < -0.4 is 5.32 Å². The van der Waals surface area contributed by atoms with E-state index < -0.39 is 11.8 Å². The Morgan fingerprint density at radius 2 is 2.06 bits per heavy atom. The fraction of sp³-hybridized carbons (Fsp3) is 0.417. The number of hydrogen-bond donors (Lipinski definition) is 2. The minimum absolute atomic E-state index is 0.0578. The van der Waals surface area contributed by atoms with Crippen molar-refractivity contribution in [2.24, 2.45) is 0 Å². The van der Waals surface area contributed by atoms with Crippen molar-refractivity contribution in [3.8, 4) is 0 Å². The summed E-state index contributed by atoms with van der Waals surface area (Å²) in [6.45, 7) is 6.54. The van der Waals surface area contributed by atoms with Gasteiger partial charge in [0.05, 0.1) is 5.56 Å². The Morgan fingerprint density at radius 1 is 1.44 bits per heavy atom. The second-order valence-electron chi connectivity index (χ2n) is 4.72. The molecule has 0 saturated heterocycles. The van der Waals surface area contributed by atoms with Crippen molar-refractivity contribution in [1.82, 2.24) is 5.32 Å². The number of hydrogen-bond acceptors (Lipinski definition) is 2. The third-order valence-corrected chi connectivity index (χ3v) is 2.08. The number of nitrogens with one attached hydrogen (secondary N) is 1. The van der Waals surface area contributed by atoms with Gasteiger partial charge in [0.2, 0.25) is 0 Å². The maximum Gasteiger partial charge on any atom is 0.338 e. The molecule has 0 fully saturated rings. The van der Waals surface area contributed by atoms with E-state index in [1.165, 1.54) is 12.1 Å². The van der Waals surface area contributed by atoms with Crippen LogP contribution >= 0.6 is 0 Å². The second kappa shape index (κ2) is 4.61. The number of benzene rings is 1. The molecule has 88 valence electrons. The van der Waals surface area contributed by atoms with Crippen LogP contribution in [0.4, 0.5) is 4.39 Å². The molecule has 0 radical (unpaired) electrons. The first kappa shape index (κ1) is 12.6. The smallest absolute Gasteiger partial charge is 0.338 e. The summed E-state index contributed by atoms with van der Waals surface area (Å²) in [6.07, 6.45) is 0. The lowest BCUT2D eigenvalue weighted by atomic mass is 10.1. The van der Waals surface area contributed by atoms with Gasteiger partial charge in [-0.2, -0.15) is 0 Å². The average Bonchev–Trinajstić information content (AvgIpc) is 2.14. The van der Waals surface area contributed by atoms with E-state index in [4.69, 9.17) is 5.11 Å². The predicted molar refractivity (Wildman–Crippen MR) is 60.0 cm³/mol. The van der Waals surface area contributed by atoms with E-state index in [9.17, 15) is 9.18 Å². The highest BCUT2D eigenvalue weighted by molar-refractivity contribution is 5.88. The molecule has 1 aromatic carbocycles. The van der Waals surface area contributed by atoms with Gasteiger partial charge in [-0.1, -0.05) is 6.07 Å². The zero-order valence-corrected chi connectivity index (χ0v) is 9.67. The molecule has 1 aromatic rings. The molecule has 16 heavy (non-hydrogen) atoms. The Labute approximate surface area is 94.3 Å². The molecule has 0 aliphatic rings. The van der Waals surface area contributed by atoms with Crippen LogP contribution in [0.2, 0.25) is 0 Å². The largest absolute Gasteiger partial charge is 0.478 e. The summed E-state index contributed by atoms with van der Waals surface area (Å²) >= 11 is 0. The lowest BCUT2D eigenvalue weighted by Gasteiger charge is -2.20. The average molecular weight is 225 g/mol. The van der Waals surface area contributed by atoms with Gasteiger partial charge in [-0.3, -0.25) is 0 Å². The van der Waals surface area contributed by atoms with Gasteiger partial charge in [0.25, 0.3) is 0 Å². The minimum Gasteiger partial charge on any atom is -0.478 e. The molecule has 1 rings (SSSR count). The lowest BCUT2D eigenvalue weighted by Crippen LogP contribution is -2.35. The van der Waals surface area contributed by atoms with Gasteiger partial charge in [0, 0.05) is 12.1 Å². The van der Waals surface area contributed by atoms with Gasteiger partial charge >= 0.3 is 5.97 Å². The predicted octanol–water partition coefficient (Wildman–Crippen LogP) is 2.41. The highest BCUT2D eigenvalue weighted by atomic mass is 19.1. The number of halogens is 1. The van der Waals surface area contributed by atoms with Crippen LogP contribution in [-0.2, 0) is 6.54 Å². The molecule has 0 heterocycles. The third-order valence-electron chi connectivity index (χ3n) is 2.08. The SMILES string of the molecule is CC(C)(C)NCc1ccc(F)c(C(=O)O)c1. The molecular formula is C12H16FNO2. The molecule has 0 aromatic heterocycles. The Bertz CT molecular complexity index is 396. The molecule has 0 amide bonds. The Kier molecular flexibility index (Phi) is 3.65. The van der Waals surface area contributed by atoms with E-state index in [1.54, 1.807) is 6.07 Å². The van der Waals surface area contributed by atoms with E-state index in [-0.39, 0.29) is 11.1 Å². The molecule has 0 spiro atoms. The highest BCUT2D eigenvalue weighted by Crippen LogP contribution is 2.11. The monoisotopic (exact) mass is 225 g/mol. The first-order valence-electron chi connectivity index (χ1n) is 5.06. The topological polar surface area (TPSA) is 49.3 Å². The molecule has 0 bridgehead atoms. The molecule has 4 heteroatoms. The fourth-order valence-electron chi connectivity index (χ4n) is 1.21. The summed E-state index contributed by atoms with van der Waals surface area (Å²) in [5.74, 6) is -1.94. The van der Waals surface area contributed by atoms with Crippen molar-refractivity contribution in [2.75, 3.05) is 0 Å². The fourth-order valence-corrected chi connectivity index (χ4v) is 1.21. The van der Waals surface area contributed by atoms with Crippen LogP contribution in [0.25, 0.3) is 0 Å². The van der Waals surface area contributed by atoms with Crippen molar-refractivity contribution in [2.45, 2.75) is 32.9 Å². The first-order valence-corrected chi connectivity index (χ1v) is 5.06. The van der Waals surface area contributed by atoms with Gasteiger partial charge in [-0.05, 0) is 38.5 Å². The number of rotatable bonds is 3. The zero-order valence-electron chi connectivity index (χ0n) is 9.67. The lowest BCUT2D eigenvalue weighted by molar-refractivity contribution is 0.0691. The first-order chi connectivity index (χ1) is 7.29. The van der Waals surface area contributed by atoms with Gasteiger partial charge in [-0.25, -0.2) is 9.18 Å². The maximum atomic E-state index is 13.1. The molecule has 0 atom stereocenters. The highest BCUT2D eigenvalue weighted by Gasteiger charge is 2.12. The van der Waals surface area contributed by atoms with Crippen molar-refractivity contribution < 1.29 is 14.3 Å². The normalized spacial score (nSPS) is 11.5. The van der Waals surface area contributed by atoms with Gasteiger partial charge in [0.1, 0.15) is 5.82 Å². The summed E-state index contributed by atoms with van der Waals surface area (Å²) in [5, 5.41) is 12.0. The van der Waals surface area contributed by atoms with Crippen LogP contribution in [-0.4, -0.2) is 16.6 Å². The third kappa shape index (κ3) is 3.62. The number of carboxylic acids is 1. The summed E-state index contributed by atoms with van der Waals surface area (Å²) in [7, 11) is 0. The van der Waals surface area contributed by atoms with E-state index in [0.717, 1.165) is 5.56 Å². The molecule has 0 unspecified atom stereocenters. The van der Waals surface area contributed by atoms with Crippen LogP contribution in [0.1, 0.15) is 36.7 Å². The number of carbonyl (C=O) groups is 1. The summed E-state index contributed by atoms with van der Waals surface area (Å²) in [5.41, 5.74) is 0.416. The summed E-state index contributed by atoms with van der Waals surface area (Å²) < 4.78 is 13.1. The Morgan fingerprint density at radius 3 is 2.56 bits per heavy atom. The standard InChI is InChI=1S/C12H16FNO2/c1-12(2,3)14-7-8-4-5-10(13)9(6-8)11(15)16/h4-6,14H,7H2,1-3H3,(H,15,16). The Hall–Kier alpha value is -1.42. The Balaban J connectivity index is 2.83. The van der Waals surface area contributed by atoms with Crippen LogP contribution in [0.15, 0.2) is 18.2 Å². The number of carboxylic acid groups (broad SMARTS) is 1. The van der Waals surface area contributed by atoms with Crippen LogP contribution in [0.3, 0.4) is 0 Å². The number of aromatic carboxylic acids is 1. The molecule has 2 N–H and O–H groups in total. The summed E-state index contributed by atoms with van der Waals surface area (Å²) in [6, 6.07) is 4.13. The maximum absolute atomic E-state index is 13.1. The van der Waals surface area contributed by atoms with Crippen molar-refractivity contribution >= 4 is 5.97 Å². The van der Waals surface area contributed by atoms with Gasteiger partial charge in [-0.15, -0.1) is 0 Å². The quantitative estimate of drug-likeness (QED) is 0.830. The van der Waals surface area contributed by atoms with Crippen molar-refractivity contribution in [3.05, 3.63) is 35.1 Å². The molecule has 0 aliphatic carbocycles. The summed E-state index contributed by atoms with van der Waals surface area (Å²) in [4.78, 5) is 10.7. The van der Waals surface area contributed by atoms with Gasteiger partial charge in [0.15, 0.2) is 0 Å². The van der Waals surface area contributed by atoms with Crippen LogP contribution in [0, 0.1) is 5.82 Å².